The fourth-order valence-electron chi connectivity index (χ4n) is 2.18. The molecule has 1 heterocycles. The normalized spacial score (nSPS) is 11.5. The Morgan fingerprint density at radius 3 is 2.55 bits per heavy atom. The number of carbonyl (C=O) groups is 1. The average molecular weight is 483 g/mol. The minimum absolute atomic E-state index is 0.198. The van der Waals surface area contributed by atoms with Crippen LogP contribution < -0.4 is 5.43 Å². The molecule has 0 saturated heterocycles. The van der Waals surface area contributed by atoms with Gasteiger partial charge in [-0.1, -0.05) is 94.5 Å². The zero-order valence-corrected chi connectivity index (χ0v) is 19.2. The van der Waals surface area contributed by atoms with Crippen LogP contribution in [0.1, 0.15) is 18.1 Å². The molecule has 3 rings (SSSR count). The first-order chi connectivity index (χ1) is 14.0. The molecule has 150 valence electrons. The van der Waals surface area contributed by atoms with Crippen molar-refractivity contribution in [1.82, 2.24) is 15.6 Å². The second-order valence-electron chi connectivity index (χ2n) is 5.75. The zero-order valence-electron chi connectivity index (χ0n) is 15.3. The number of hydrazone groups is 1. The Balaban J connectivity index is 1.46. The number of thioether (sulfide) groups is 2. The van der Waals surface area contributed by atoms with Gasteiger partial charge in [-0.3, -0.25) is 4.79 Å². The molecule has 5 nitrogen and oxygen atoms in total. The van der Waals surface area contributed by atoms with E-state index in [1.807, 2.05) is 18.2 Å². The number of amides is 1. The van der Waals surface area contributed by atoms with Gasteiger partial charge >= 0.3 is 0 Å². The van der Waals surface area contributed by atoms with Gasteiger partial charge in [-0.05, 0) is 24.6 Å². The molecule has 0 unspecified atom stereocenters. The summed E-state index contributed by atoms with van der Waals surface area (Å²) in [5.41, 5.74) is 5.08. The molecule has 0 saturated carbocycles. The number of nitrogens with zero attached hydrogens (tertiary/aromatic N) is 3. The van der Waals surface area contributed by atoms with Crippen molar-refractivity contribution in [2.75, 3.05) is 5.75 Å². The van der Waals surface area contributed by atoms with E-state index in [2.05, 4.69) is 32.9 Å². The van der Waals surface area contributed by atoms with Crippen molar-refractivity contribution in [3.8, 4) is 0 Å². The molecule has 0 aliphatic rings. The molecule has 0 aliphatic carbocycles. The molecule has 0 aliphatic heterocycles. The van der Waals surface area contributed by atoms with Crippen molar-refractivity contribution in [3.63, 3.8) is 0 Å². The van der Waals surface area contributed by atoms with Crippen LogP contribution in [0, 0.1) is 0 Å². The smallest absolute Gasteiger partial charge is 0.250 e. The van der Waals surface area contributed by atoms with Gasteiger partial charge in [-0.2, -0.15) is 5.10 Å². The van der Waals surface area contributed by atoms with Gasteiger partial charge < -0.3 is 0 Å². The molecule has 2 aromatic carbocycles. The summed E-state index contributed by atoms with van der Waals surface area (Å²) < 4.78 is 1.63. The van der Waals surface area contributed by atoms with Crippen LogP contribution in [0.25, 0.3) is 0 Å². The predicted molar refractivity (Wildman–Crippen MR) is 123 cm³/mol. The zero-order chi connectivity index (χ0) is 20.6. The van der Waals surface area contributed by atoms with Crippen molar-refractivity contribution in [2.24, 2.45) is 5.10 Å². The van der Waals surface area contributed by atoms with E-state index in [1.165, 1.54) is 28.7 Å². The summed E-state index contributed by atoms with van der Waals surface area (Å²) in [6.07, 6.45) is 0. The van der Waals surface area contributed by atoms with Gasteiger partial charge in [0.25, 0.3) is 5.91 Å². The van der Waals surface area contributed by atoms with E-state index in [-0.39, 0.29) is 11.7 Å². The first-order valence-electron chi connectivity index (χ1n) is 8.43. The van der Waals surface area contributed by atoms with E-state index >= 15 is 0 Å². The number of rotatable bonds is 8. The molecule has 0 fully saturated rings. The summed E-state index contributed by atoms with van der Waals surface area (Å²) >= 11 is 16.5. The highest BCUT2D eigenvalue weighted by atomic mass is 35.5. The average Bonchev–Trinajstić information content (AvgIpc) is 3.17. The number of carbonyl (C=O) groups excluding carboxylic acids is 1. The fraction of sp³-hybridized carbons (Fsp3) is 0.158. The summed E-state index contributed by atoms with van der Waals surface area (Å²) in [5.74, 6) is 0.804. The van der Waals surface area contributed by atoms with E-state index in [0.29, 0.717) is 21.3 Å². The van der Waals surface area contributed by atoms with Crippen LogP contribution in [0.4, 0.5) is 0 Å². The van der Waals surface area contributed by atoms with E-state index in [4.69, 9.17) is 23.2 Å². The van der Waals surface area contributed by atoms with Crippen LogP contribution in [0.15, 0.2) is 62.3 Å². The third-order valence-electron chi connectivity index (χ3n) is 3.59. The SMILES string of the molecule is CC(=NNC(=O)CSc1nnc(SCc2ccccc2)s1)c1ccc(Cl)cc1Cl. The molecular weight excluding hydrogens is 467 g/mol. The molecular formula is C19H16Cl2N4OS3. The van der Waals surface area contributed by atoms with Crippen LogP contribution in [0.2, 0.25) is 10.0 Å². The lowest BCUT2D eigenvalue weighted by molar-refractivity contribution is -0.118. The Morgan fingerprint density at radius 1 is 1.10 bits per heavy atom. The van der Waals surface area contributed by atoms with Crippen LogP contribution in [-0.2, 0) is 10.5 Å². The van der Waals surface area contributed by atoms with Gasteiger partial charge in [-0.15, -0.1) is 10.2 Å². The van der Waals surface area contributed by atoms with E-state index in [9.17, 15) is 4.79 Å². The lowest BCUT2D eigenvalue weighted by Crippen LogP contribution is -2.21. The van der Waals surface area contributed by atoms with Crippen molar-refractivity contribution in [3.05, 3.63) is 69.7 Å². The second kappa shape index (κ2) is 11.0. The van der Waals surface area contributed by atoms with Crippen LogP contribution in [-0.4, -0.2) is 27.6 Å². The highest BCUT2D eigenvalue weighted by molar-refractivity contribution is 8.03. The summed E-state index contributed by atoms with van der Waals surface area (Å²) in [7, 11) is 0. The molecule has 1 N–H and O–H groups in total. The molecule has 1 amide bonds. The van der Waals surface area contributed by atoms with Crippen molar-refractivity contribution in [2.45, 2.75) is 21.4 Å². The third-order valence-corrected chi connectivity index (χ3v) is 7.40. The van der Waals surface area contributed by atoms with E-state index < -0.39 is 0 Å². The number of hydrogen-bond donors (Lipinski definition) is 1. The van der Waals surface area contributed by atoms with Gasteiger partial charge in [0.15, 0.2) is 8.68 Å². The van der Waals surface area contributed by atoms with Gasteiger partial charge in [0.1, 0.15) is 0 Å². The van der Waals surface area contributed by atoms with E-state index in [0.717, 1.165) is 14.4 Å². The quantitative estimate of drug-likeness (QED) is 0.250. The third kappa shape index (κ3) is 7.01. The monoisotopic (exact) mass is 482 g/mol. The lowest BCUT2D eigenvalue weighted by Gasteiger charge is -2.05. The van der Waals surface area contributed by atoms with Crippen molar-refractivity contribution in [1.29, 1.82) is 0 Å². The Kier molecular flexibility index (Phi) is 8.38. The number of aromatic nitrogens is 2. The van der Waals surface area contributed by atoms with Gasteiger partial charge in [0, 0.05) is 16.3 Å². The maximum Gasteiger partial charge on any atom is 0.250 e. The molecule has 29 heavy (non-hydrogen) atoms. The topological polar surface area (TPSA) is 67.2 Å². The van der Waals surface area contributed by atoms with Crippen LogP contribution in [0.3, 0.4) is 0 Å². The first-order valence-corrected chi connectivity index (χ1v) is 12.0. The lowest BCUT2D eigenvalue weighted by atomic mass is 10.1. The highest BCUT2D eigenvalue weighted by Crippen LogP contribution is 2.30. The fourth-order valence-corrected chi connectivity index (χ4v) is 5.50. The molecule has 0 radical (unpaired) electrons. The molecule has 3 aromatic rings. The van der Waals surface area contributed by atoms with Crippen molar-refractivity contribution >= 4 is 69.7 Å². The van der Waals surface area contributed by atoms with Crippen LogP contribution >= 0.6 is 58.1 Å². The molecule has 0 bridgehead atoms. The van der Waals surface area contributed by atoms with Gasteiger partial charge in [0.2, 0.25) is 0 Å². The number of benzene rings is 2. The Labute approximate surface area is 191 Å². The summed E-state index contributed by atoms with van der Waals surface area (Å²) in [6, 6.07) is 15.3. The number of nitrogens with one attached hydrogen (secondary N) is 1. The molecule has 10 heteroatoms. The Morgan fingerprint density at radius 2 is 1.83 bits per heavy atom. The standard InChI is InChI=1S/C19H16Cl2N4OS3/c1-12(15-8-7-14(20)9-16(15)21)22-23-17(26)11-28-19-25-24-18(29-19)27-10-13-5-3-2-4-6-13/h2-9H,10-11H2,1H3,(H,23,26). The minimum atomic E-state index is -0.229. The summed E-state index contributed by atoms with van der Waals surface area (Å²) in [4.78, 5) is 12.1. The van der Waals surface area contributed by atoms with Crippen molar-refractivity contribution < 1.29 is 4.79 Å². The second-order valence-corrected chi connectivity index (χ2v) is 10.0. The van der Waals surface area contributed by atoms with Crippen LogP contribution in [0.5, 0.6) is 0 Å². The molecule has 1 aromatic heterocycles. The predicted octanol–water partition coefficient (Wildman–Crippen LogP) is 5.77. The van der Waals surface area contributed by atoms with Gasteiger partial charge in [0.05, 0.1) is 16.5 Å². The molecule has 0 spiro atoms. The first kappa shape index (κ1) is 22.1. The minimum Gasteiger partial charge on any atom is -0.272 e. The Hall–Kier alpha value is -1.58. The number of halogens is 2. The largest absolute Gasteiger partial charge is 0.272 e. The maximum absolute atomic E-state index is 12.1. The van der Waals surface area contributed by atoms with Gasteiger partial charge in [-0.25, -0.2) is 5.43 Å². The maximum atomic E-state index is 12.1. The summed E-state index contributed by atoms with van der Waals surface area (Å²) in [6.45, 7) is 1.77. The van der Waals surface area contributed by atoms with E-state index in [1.54, 1.807) is 36.9 Å². The molecule has 0 atom stereocenters. The Bertz CT molecular complexity index is 1010. The number of hydrogen-bond acceptors (Lipinski definition) is 7. The highest BCUT2D eigenvalue weighted by Gasteiger charge is 2.10. The summed E-state index contributed by atoms with van der Waals surface area (Å²) in [5, 5.41) is 13.4.